The molecule has 0 spiro atoms. The van der Waals surface area contributed by atoms with Gasteiger partial charge in [0.2, 0.25) is 5.91 Å². The summed E-state index contributed by atoms with van der Waals surface area (Å²) in [5, 5.41) is 3.08. The Morgan fingerprint density at radius 3 is 2.27 bits per heavy atom. The van der Waals surface area contributed by atoms with Gasteiger partial charge in [-0.3, -0.25) is 9.59 Å². The highest BCUT2D eigenvalue weighted by molar-refractivity contribution is 5.78. The molecule has 1 N–H and O–H groups in total. The third kappa shape index (κ3) is 7.34. The molecule has 5 heteroatoms. The zero-order valence-electron chi connectivity index (χ0n) is 20.7. The first-order chi connectivity index (χ1) is 15.6. The van der Waals surface area contributed by atoms with Crippen molar-refractivity contribution < 1.29 is 14.3 Å². The van der Waals surface area contributed by atoms with Gasteiger partial charge in [-0.1, -0.05) is 68.3 Å². The fraction of sp³-hybridized carbons (Fsp3) is 0.500. The molecule has 2 aromatic carbocycles. The summed E-state index contributed by atoms with van der Waals surface area (Å²) in [6.45, 7) is 11.9. The van der Waals surface area contributed by atoms with E-state index >= 15 is 0 Å². The van der Waals surface area contributed by atoms with Crippen LogP contribution >= 0.6 is 0 Å². The number of hydrogen-bond donors (Lipinski definition) is 1. The van der Waals surface area contributed by atoms with E-state index in [9.17, 15) is 9.59 Å². The fourth-order valence-corrected chi connectivity index (χ4v) is 4.21. The maximum absolute atomic E-state index is 12.6. The van der Waals surface area contributed by atoms with Crippen LogP contribution in [0.2, 0.25) is 0 Å². The predicted octanol–water partition coefficient (Wildman–Crippen LogP) is 4.72. The van der Waals surface area contributed by atoms with Gasteiger partial charge in [0.25, 0.3) is 5.91 Å². The second-order valence-electron chi connectivity index (χ2n) is 10.2. The Morgan fingerprint density at radius 2 is 1.64 bits per heavy atom. The molecule has 2 aromatic rings. The summed E-state index contributed by atoms with van der Waals surface area (Å²) in [5.41, 5.74) is 4.65. The number of ether oxygens (including phenoxy) is 1. The van der Waals surface area contributed by atoms with E-state index in [1.165, 1.54) is 16.7 Å². The van der Waals surface area contributed by atoms with Crippen LogP contribution in [0, 0.1) is 13.8 Å². The van der Waals surface area contributed by atoms with Gasteiger partial charge in [0.15, 0.2) is 6.61 Å². The summed E-state index contributed by atoms with van der Waals surface area (Å²) >= 11 is 0. The lowest BCUT2D eigenvalue weighted by atomic mass is 9.85. The van der Waals surface area contributed by atoms with E-state index < -0.39 is 0 Å². The van der Waals surface area contributed by atoms with Crippen LogP contribution < -0.4 is 10.1 Å². The molecule has 0 bridgehead atoms. The second kappa shape index (κ2) is 10.9. The van der Waals surface area contributed by atoms with Crippen molar-refractivity contribution in [3.8, 4) is 5.75 Å². The van der Waals surface area contributed by atoms with E-state index in [1.807, 2.05) is 17.0 Å². The third-order valence-corrected chi connectivity index (χ3v) is 6.26. The van der Waals surface area contributed by atoms with E-state index in [-0.39, 0.29) is 29.9 Å². The Labute approximate surface area is 198 Å². The van der Waals surface area contributed by atoms with Crippen LogP contribution in [0.5, 0.6) is 5.75 Å². The van der Waals surface area contributed by atoms with E-state index in [0.717, 1.165) is 30.6 Å². The summed E-state index contributed by atoms with van der Waals surface area (Å²) in [6, 6.07) is 14.5. The molecule has 1 aliphatic rings. The van der Waals surface area contributed by atoms with E-state index in [4.69, 9.17) is 4.74 Å². The normalized spacial score (nSPS) is 14.8. The van der Waals surface area contributed by atoms with Gasteiger partial charge in [0.1, 0.15) is 5.75 Å². The molecule has 1 aliphatic heterocycles. The highest BCUT2D eigenvalue weighted by atomic mass is 16.5. The van der Waals surface area contributed by atoms with Crippen LogP contribution in [-0.2, 0) is 21.4 Å². The molecule has 178 valence electrons. The number of aryl methyl sites for hydroxylation is 3. The Morgan fingerprint density at radius 1 is 1.00 bits per heavy atom. The van der Waals surface area contributed by atoms with Crippen LogP contribution in [0.3, 0.4) is 0 Å². The molecule has 0 aromatic heterocycles. The number of hydrogen-bond acceptors (Lipinski definition) is 3. The number of piperidine rings is 1. The lowest BCUT2D eigenvalue weighted by molar-refractivity contribution is -0.132. The average molecular weight is 451 g/mol. The SMILES string of the molecule is Cc1ccc(CCC(=O)N2CCC(NC(=O)COc3ccc(C)cc3C(C)(C)C)CC2)cc1. The topological polar surface area (TPSA) is 58.6 Å². The number of carbonyl (C=O) groups excluding carboxylic acids is 2. The molecular weight excluding hydrogens is 412 g/mol. The molecule has 33 heavy (non-hydrogen) atoms. The summed E-state index contributed by atoms with van der Waals surface area (Å²) in [4.78, 5) is 27.0. The molecule has 5 nitrogen and oxygen atoms in total. The van der Waals surface area contributed by atoms with Crippen LogP contribution in [0.4, 0.5) is 0 Å². The van der Waals surface area contributed by atoms with Gasteiger partial charge in [0.05, 0.1) is 0 Å². The first-order valence-electron chi connectivity index (χ1n) is 12.0. The molecule has 1 saturated heterocycles. The number of likely N-dealkylation sites (tertiary alicyclic amines) is 1. The Kier molecular flexibility index (Phi) is 8.17. The van der Waals surface area contributed by atoms with Gasteiger partial charge in [-0.25, -0.2) is 0 Å². The smallest absolute Gasteiger partial charge is 0.258 e. The van der Waals surface area contributed by atoms with E-state index in [1.54, 1.807) is 0 Å². The minimum atomic E-state index is -0.111. The quantitative estimate of drug-likeness (QED) is 0.664. The Balaban J connectivity index is 1.41. The molecule has 0 unspecified atom stereocenters. The van der Waals surface area contributed by atoms with Gasteiger partial charge < -0.3 is 15.0 Å². The van der Waals surface area contributed by atoms with Crippen molar-refractivity contribution >= 4 is 11.8 Å². The first kappa shape index (κ1) is 24.8. The fourth-order valence-electron chi connectivity index (χ4n) is 4.21. The van der Waals surface area contributed by atoms with E-state index in [0.29, 0.717) is 19.5 Å². The lowest BCUT2D eigenvalue weighted by Crippen LogP contribution is -2.47. The van der Waals surface area contributed by atoms with Gasteiger partial charge in [-0.05, 0) is 55.7 Å². The molecule has 2 amide bonds. The number of benzene rings is 2. The first-order valence-corrected chi connectivity index (χ1v) is 12.0. The lowest BCUT2D eigenvalue weighted by Gasteiger charge is -2.32. The molecule has 0 aliphatic carbocycles. The van der Waals surface area contributed by atoms with Crippen LogP contribution in [0.25, 0.3) is 0 Å². The molecule has 0 atom stereocenters. The summed E-state index contributed by atoms with van der Waals surface area (Å²) in [6.07, 6.45) is 2.85. The maximum Gasteiger partial charge on any atom is 0.258 e. The van der Waals surface area contributed by atoms with E-state index in [2.05, 4.69) is 70.3 Å². The summed E-state index contributed by atoms with van der Waals surface area (Å²) in [5.74, 6) is 0.842. The molecular formula is C28H38N2O3. The van der Waals surface area contributed by atoms with Crippen LogP contribution in [0.15, 0.2) is 42.5 Å². The largest absolute Gasteiger partial charge is 0.483 e. The minimum absolute atomic E-state index is 0.00182. The van der Waals surface area contributed by atoms with Gasteiger partial charge in [0, 0.05) is 25.6 Å². The molecule has 1 fully saturated rings. The highest BCUT2D eigenvalue weighted by Gasteiger charge is 2.24. The average Bonchev–Trinajstić information content (AvgIpc) is 2.77. The van der Waals surface area contributed by atoms with Crippen LogP contribution in [0.1, 0.15) is 62.3 Å². The molecule has 0 saturated carbocycles. The number of nitrogens with one attached hydrogen (secondary N) is 1. The summed E-state index contributed by atoms with van der Waals surface area (Å²) in [7, 11) is 0. The number of nitrogens with zero attached hydrogens (tertiary/aromatic N) is 1. The molecule has 1 heterocycles. The van der Waals surface area contributed by atoms with Crippen LogP contribution in [-0.4, -0.2) is 42.5 Å². The Bertz CT molecular complexity index is 952. The van der Waals surface area contributed by atoms with Crippen molar-refractivity contribution in [2.45, 2.75) is 71.8 Å². The van der Waals surface area contributed by atoms with Crippen molar-refractivity contribution in [3.63, 3.8) is 0 Å². The maximum atomic E-state index is 12.6. The zero-order valence-corrected chi connectivity index (χ0v) is 20.7. The molecule has 3 rings (SSSR count). The predicted molar refractivity (Wildman–Crippen MR) is 133 cm³/mol. The second-order valence-corrected chi connectivity index (χ2v) is 10.2. The highest BCUT2D eigenvalue weighted by Crippen LogP contribution is 2.32. The van der Waals surface area contributed by atoms with Gasteiger partial charge in [-0.15, -0.1) is 0 Å². The zero-order chi connectivity index (χ0) is 24.0. The third-order valence-electron chi connectivity index (χ3n) is 6.26. The summed E-state index contributed by atoms with van der Waals surface area (Å²) < 4.78 is 5.89. The van der Waals surface area contributed by atoms with Gasteiger partial charge in [-0.2, -0.15) is 0 Å². The minimum Gasteiger partial charge on any atom is -0.483 e. The monoisotopic (exact) mass is 450 g/mol. The van der Waals surface area contributed by atoms with Crippen molar-refractivity contribution in [1.29, 1.82) is 0 Å². The number of amides is 2. The number of rotatable bonds is 7. The van der Waals surface area contributed by atoms with Crippen molar-refractivity contribution in [3.05, 3.63) is 64.7 Å². The van der Waals surface area contributed by atoms with Crippen molar-refractivity contribution in [1.82, 2.24) is 10.2 Å². The van der Waals surface area contributed by atoms with Gasteiger partial charge >= 0.3 is 0 Å². The Hall–Kier alpha value is -2.82. The molecule has 0 radical (unpaired) electrons. The number of carbonyl (C=O) groups is 2. The standard InChI is InChI=1S/C28H38N2O3/c1-20-6-9-22(10-7-20)11-13-27(32)30-16-14-23(15-17-30)29-26(31)19-33-25-12-8-21(2)18-24(25)28(3,4)5/h6-10,12,18,23H,11,13-17,19H2,1-5H3,(H,29,31). The van der Waals surface area contributed by atoms with Crippen molar-refractivity contribution in [2.24, 2.45) is 0 Å². The van der Waals surface area contributed by atoms with Crippen molar-refractivity contribution in [2.75, 3.05) is 19.7 Å².